The Kier molecular flexibility index (Phi) is 7.09. The van der Waals surface area contributed by atoms with Crippen LogP contribution in [0.4, 0.5) is 5.69 Å². The highest BCUT2D eigenvalue weighted by Gasteiger charge is 2.22. The molecule has 9 heteroatoms. The zero-order valence-corrected chi connectivity index (χ0v) is 17.0. The summed E-state index contributed by atoms with van der Waals surface area (Å²) in [5, 5.41) is 6.27. The number of ether oxygens (including phenoxy) is 1. The van der Waals surface area contributed by atoms with Crippen LogP contribution in [0.2, 0.25) is 0 Å². The Morgan fingerprint density at radius 1 is 1.00 bits per heavy atom. The minimum Gasteiger partial charge on any atom is -0.378 e. The molecule has 8 nitrogen and oxygen atoms in total. The maximum Gasteiger partial charge on any atom is 0.329 e. The molecule has 3 rings (SSSR count). The molecule has 1 heterocycles. The van der Waals surface area contributed by atoms with Crippen molar-refractivity contribution in [2.75, 3.05) is 31.6 Å². The summed E-state index contributed by atoms with van der Waals surface area (Å²) in [6.45, 7) is 1.90. The van der Waals surface area contributed by atoms with Crippen LogP contribution in [0.15, 0.2) is 58.1 Å². The molecule has 29 heavy (non-hydrogen) atoms. The van der Waals surface area contributed by atoms with E-state index < -0.39 is 11.8 Å². The van der Waals surface area contributed by atoms with Crippen LogP contribution in [0, 0.1) is 0 Å². The number of morpholine rings is 1. The van der Waals surface area contributed by atoms with Crippen LogP contribution >= 0.6 is 15.9 Å². The molecule has 1 saturated heterocycles. The minimum atomic E-state index is -0.943. The number of carbonyl (C=O) groups excluding carboxylic acids is 3. The lowest BCUT2D eigenvalue weighted by molar-refractivity contribution is -0.136. The van der Waals surface area contributed by atoms with Crippen LogP contribution in [0.5, 0.6) is 0 Å². The Balaban J connectivity index is 1.63. The van der Waals surface area contributed by atoms with Gasteiger partial charge in [-0.3, -0.25) is 14.4 Å². The van der Waals surface area contributed by atoms with E-state index >= 15 is 0 Å². The van der Waals surface area contributed by atoms with Gasteiger partial charge in [0.15, 0.2) is 0 Å². The van der Waals surface area contributed by atoms with Crippen LogP contribution in [-0.2, 0) is 14.3 Å². The van der Waals surface area contributed by atoms with Crippen molar-refractivity contribution in [2.24, 2.45) is 5.10 Å². The second kappa shape index (κ2) is 9.94. The van der Waals surface area contributed by atoms with Crippen LogP contribution in [0.1, 0.15) is 15.9 Å². The molecule has 1 aliphatic rings. The van der Waals surface area contributed by atoms with Gasteiger partial charge in [0.2, 0.25) is 0 Å². The van der Waals surface area contributed by atoms with Gasteiger partial charge in [-0.1, -0.05) is 46.3 Å². The van der Waals surface area contributed by atoms with E-state index in [4.69, 9.17) is 4.74 Å². The molecule has 0 radical (unpaired) electrons. The van der Waals surface area contributed by atoms with E-state index in [0.29, 0.717) is 31.9 Å². The van der Waals surface area contributed by atoms with Gasteiger partial charge in [0.05, 0.1) is 30.7 Å². The molecule has 0 bridgehead atoms. The number of nitrogens with zero attached hydrogens (tertiary/aromatic N) is 2. The van der Waals surface area contributed by atoms with Crippen LogP contribution in [-0.4, -0.2) is 55.1 Å². The molecule has 3 amide bonds. The lowest BCUT2D eigenvalue weighted by Crippen LogP contribution is -2.41. The third kappa shape index (κ3) is 5.49. The van der Waals surface area contributed by atoms with Crippen LogP contribution in [0.25, 0.3) is 0 Å². The van der Waals surface area contributed by atoms with Crippen molar-refractivity contribution in [3.8, 4) is 0 Å². The van der Waals surface area contributed by atoms with Crippen molar-refractivity contribution < 1.29 is 19.1 Å². The van der Waals surface area contributed by atoms with Gasteiger partial charge in [0.1, 0.15) is 0 Å². The van der Waals surface area contributed by atoms with Gasteiger partial charge in [0.25, 0.3) is 5.91 Å². The first-order chi connectivity index (χ1) is 14.1. The minimum absolute atomic E-state index is 0.225. The predicted octanol–water partition coefficient (Wildman–Crippen LogP) is 2.01. The Bertz CT molecular complexity index is 942. The van der Waals surface area contributed by atoms with Crippen molar-refractivity contribution in [3.05, 3.63) is 64.1 Å². The molecule has 0 unspecified atom stereocenters. The summed E-state index contributed by atoms with van der Waals surface area (Å²) in [7, 11) is 0. The Morgan fingerprint density at radius 2 is 1.69 bits per heavy atom. The van der Waals surface area contributed by atoms with Gasteiger partial charge in [-0.05, 0) is 18.2 Å². The quantitative estimate of drug-likeness (QED) is 0.415. The molecule has 0 saturated carbocycles. The maximum absolute atomic E-state index is 12.7. The zero-order valence-electron chi connectivity index (χ0n) is 15.4. The normalized spacial score (nSPS) is 13.9. The summed E-state index contributed by atoms with van der Waals surface area (Å²) in [5.74, 6) is -2.09. The summed E-state index contributed by atoms with van der Waals surface area (Å²) < 4.78 is 6.06. The Labute approximate surface area is 176 Å². The molecular formula is C20H19BrN4O4. The summed E-state index contributed by atoms with van der Waals surface area (Å²) in [6, 6.07) is 13.9. The fraction of sp³-hybridized carbons (Fsp3) is 0.200. The number of amides is 3. The summed E-state index contributed by atoms with van der Waals surface area (Å²) in [4.78, 5) is 38.6. The number of halogens is 1. The largest absolute Gasteiger partial charge is 0.378 e. The molecule has 2 aromatic carbocycles. The van der Waals surface area contributed by atoms with E-state index in [9.17, 15) is 14.4 Å². The highest BCUT2D eigenvalue weighted by molar-refractivity contribution is 9.10. The highest BCUT2D eigenvalue weighted by Crippen LogP contribution is 2.18. The van der Waals surface area contributed by atoms with Gasteiger partial charge in [-0.15, -0.1) is 0 Å². The molecule has 1 fully saturated rings. The van der Waals surface area contributed by atoms with E-state index in [-0.39, 0.29) is 11.6 Å². The first kappa shape index (κ1) is 20.7. The monoisotopic (exact) mass is 458 g/mol. The van der Waals surface area contributed by atoms with E-state index in [1.165, 1.54) is 6.21 Å². The van der Waals surface area contributed by atoms with Crippen molar-refractivity contribution in [3.63, 3.8) is 0 Å². The fourth-order valence-electron chi connectivity index (χ4n) is 2.69. The Morgan fingerprint density at radius 3 is 2.45 bits per heavy atom. The number of rotatable bonds is 4. The molecule has 2 aromatic rings. The number of nitrogens with one attached hydrogen (secondary N) is 2. The fourth-order valence-corrected chi connectivity index (χ4v) is 3.07. The van der Waals surface area contributed by atoms with Gasteiger partial charge < -0.3 is 15.0 Å². The topological polar surface area (TPSA) is 100 Å². The van der Waals surface area contributed by atoms with Gasteiger partial charge in [-0.25, -0.2) is 5.43 Å². The zero-order chi connectivity index (χ0) is 20.6. The third-order valence-electron chi connectivity index (χ3n) is 4.19. The number of para-hydroxylation sites is 1. The third-order valence-corrected chi connectivity index (χ3v) is 4.91. The van der Waals surface area contributed by atoms with Crippen LogP contribution < -0.4 is 10.7 Å². The van der Waals surface area contributed by atoms with E-state index in [0.717, 1.165) is 10.0 Å². The summed E-state index contributed by atoms with van der Waals surface area (Å²) in [6.07, 6.45) is 1.42. The molecule has 0 aromatic heterocycles. The smallest absolute Gasteiger partial charge is 0.329 e. The second-order valence-corrected chi connectivity index (χ2v) is 6.98. The molecular weight excluding hydrogens is 440 g/mol. The Hall–Kier alpha value is -3.04. The SMILES string of the molecule is O=C(N/N=C\c1ccccc1Br)C(=O)Nc1ccccc1C(=O)N1CCOCC1. The number of hydrogen-bond donors (Lipinski definition) is 2. The predicted molar refractivity (Wildman–Crippen MR) is 112 cm³/mol. The maximum atomic E-state index is 12.7. The standard InChI is InChI=1S/C20H19BrN4O4/c21-16-7-3-1-5-14(16)13-22-24-19(27)18(26)23-17-8-4-2-6-15(17)20(28)25-9-11-29-12-10-25/h1-8,13H,9-12H2,(H,23,26)(H,24,27)/b22-13-. The van der Waals surface area contributed by atoms with E-state index in [1.54, 1.807) is 35.2 Å². The average Bonchev–Trinajstić information content (AvgIpc) is 2.75. The second-order valence-electron chi connectivity index (χ2n) is 6.12. The summed E-state index contributed by atoms with van der Waals surface area (Å²) >= 11 is 3.36. The van der Waals surface area contributed by atoms with Crippen molar-refractivity contribution in [2.45, 2.75) is 0 Å². The van der Waals surface area contributed by atoms with Crippen molar-refractivity contribution >= 4 is 45.6 Å². The van der Waals surface area contributed by atoms with Gasteiger partial charge in [-0.2, -0.15) is 5.10 Å². The van der Waals surface area contributed by atoms with Crippen molar-refractivity contribution in [1.29, 1.82) is 0 Å². The number of anilines is 1. The number of carbonyl (C=O) groups is 3. The lowest BCUT2D eigenvalue weighted by Gasteiger charge is -2.27. The summed E-state index contributed by atoms with van der Waals surface area (Å²) in [5.41, 5.74) is 3.50. The molecule has 0 aliphatic carbocycles. The van der Waals surface area contributed by atoms with Gasteiger partial charge >= 0.3 is 11.8 Å². The number of benzene rings is 2. The average molecular weight is 459 g/mol. The first-order valence-corrected chi connectivity index (χ1v) is 9.70. The molecule has 150 valence electrons. The van der Waals surface area contributed by atoms with Gasteiger partial charge in [0, 0.05) is 23.1 Å². The molecule has 2 N–H and O–H groups in total. The molecule has 0 spiro atoms. The number of hydrazone groups is 1. The van der Waals surface area contributed by atoms with Crippen molar-refractivity contribution in [1.82, 2.24) is 10.3 Å². The lowest BCUT2D eigenvalue weighted by atomic mass is 10.1. The van der Waals surface area contributed by atoms with Crippen LogP contribution in [0.3, 0.4) is 0 Å². The van der Waals surface area contributed by atoms with E-state index in [1.807, 2.05) is 18.2 Å². The number of hydrogen-bond acceptors (Lipinski definition) is 5. The molecule has 1 aliphatic heterocycles. The highest BCUT2D eigenvalue weighted by atomic mass is 79.9. The molecule has 0 atom stereocenters. The van der Waals surface area contributed by atoms with E-state index in [2.05, 4.69) is 31.8 Å². The first-order valence-electron chi connectivity index (χ1n) is 8.91.